The number of hydrogen-bond donors (Lipinski definition) is 1. The second kappa shape index (κ2) is 8.61. The van der Waals surface area contributed by atoms with Gasteiger partial charge in [-0.3, -0.25) is 9.36 Å². The van der Waals surface area contributed by atoms with E-state index in [-0.39, 0.29) is 24.7 Å². The van der Waals surface area contributed by atoms with E-state index in [0.29, 0.717) is 33.4 Å². The zero-order chi connectivity index (χ0) is 22.0. The van der Waals surface area contributed by atoms with Crippen LogP contribution in [0.25, 0.3) is 22.6 Å². The Morgan fingerprint density at radius 3 is 2.58 bits per heavy atom. The van der Waals surface area contributed by atoms with E-state index in [1.807, 2.05) is 36.4 Å². The van der Waals surface area contributed by atoms with Crippen molar-refractivity contribution < 1.29 is 9.32 Å². The van der Waals surface area contributed by atoms with Gasteiger partial charge in [0.2, 0.25) is 0 Å². The molecule has 4 aromatic rings. The third-order valence-electron chi connectivity index (χ3n) is 4.90. The fourth-order valence-corrected chi connectivity index (χ4v) is 3.54. The van der Waals surface area contributed by atoms with Gasteiger partial charge in [-0.25, -0.2) is 9.48 Å². The van der Waals surface area contributed by atoms with Gasteiger partial charge in [0.1, 0.15) is 17.0 Å². The second-order valence-corrected chi connectivity index (χ2v) is 7.36. The van der Waals surface area contributed by atoms with Crippen molar-refractivity contribution in [2.45, 2.75) is 13.5 Å². The molecule has 0 aliphatic rings. The minimum atomic E-state index is -0.360. The summed E-state index contributed by atoms with van der Waals surface area (Å²) in [6.07, 6.45) is 0. The maximum absolute atomic E-state index is 12.8. The summed E-state index contributed by atoms with van der Waals surface area (Å²) in [7, 11) is 1.67. The Morgan fingerprint density at radius 1 is 1.13 bits per heavy atom. The molecule has 0 atom stereocenters. The number of halogens is 1. The molecule has 4 rings (SSSR count). The molecule has 0 spiro atoms. The predicted molar refractivity (Wildman–Crippen MR) is 117 cm³/mol. The molecule has 0 aliphatic carbocycles. The van der Waals surface area contributed by atoms with E-state index < -0.39 is 0 Å². The van der Waals surface area contributed by atoms with Crippen LogP contribution in [0.15, 0.2) is 63.9 Å². The molecule has 0 unspecified atom stereocenters. The minimum Gasteiger partial charge on any atom is -0.360 e. The predicted octanol–water partition coefficient (Wildman–Crippen LogP) is 3.30. The van der Waals surface area contributed by atoms with Crippen LogP contribution < -0.4 is 11.0 Å². The summed E-state index contributed by atoms with van der Waals surface area (Å²) in [6.45, 7) is 2.09. The van der Waals surface area contributed by atoms with Crippen molar-refractivity contribution >= 4 is 17.5 Å². The maximum Gasteiger partial charge on any atom is 0.345 e. The van der Waals surface area contributed by atoms with Crippen LogP contribution in [0.1, 0.15) is 16.1 Å². The number of aryl methyl sites for hydroxylation is 1. The molecule has 0 fully saturated rings. The third kappa shape index (κ3) is 4.02. The summed E-state index contributed by atoms with van der Waals surface area (Å²) in [5.41, 5.74) is 1.88. The fourth-order valence-electron chi connectivity index (χ4n) is 3.31. The number of amides is 1. The largest absolute Gasteiger partial charge is 0.360 e. The van der Waals surface area contributed by atoms with E-state index >= 15 is 0 Å². The minimum absolute atomic E-state index is 0.205. The van der Waals surface area contributed by atoms with Crippen molar-refractivity contribution in [3.8, 4) is 22.6 Å². The highest BCUT2D eigenvalue weighted by Crippen LogP contribution is 2.30. The third-order valence-corrected chi connectivity index (χ3v) is 5.23. The number of rotatable bonds is 6. The molecular weight excluding hydrogens is 418 g/mol. The molecule has 1 N–H and O–H groups in total. The Balaban J connectivity index is 1.50. The van der Waals surface area contributed by atoms with Crippen molar-refractivity contribution in [3.05, 3.63) is 81.4 Å². The molecule has 8 nitrogen and oxygen atoms in total. The number of carbonyl (C=O) groups is 1. The highest BCUT2D eigenvalue weighted by Gasteiger charge is 2.23. The molecule has 2 aromatic heterocycles. The standard InChI is InChI=1S/C22H20ClN5O3/c1-14-18(19(26-31-14)16-10-6-7-11-17(16)23)21(29)24-12-13-28-22(30)27(2)20(25-28)15-8-4-3-5-9-15/h3-11H,12-13H2,1-2H3,(H,24,29). The van der Waals surface area contributed by atoms with Gasteiger partial charge in [-0.15, -0.1) is 5.10 Å². The Bertz CT molecular complexity index is 1290. The first kappa shape index (κ1) is 20.6. The molecule has 0 saturated carbocycles. The van der Waals surface area contributed by atoms with Gasteiger partial charge in [0.15, 0.2) is 5.82 Å². The number of nitrogens with one attached hydrogen (secondary N) is 1. The number of hydrogen-bond acceptors (Lipinski definition) is 5. The van der Waals surface area contributed by atoms with Gasteiger partial charge >= 0.3 is 5.69 Å². The van der Waals surface area contributed by atoms with Gasteiger partial charge in [0.25, 0.3) is 5.91 Å². The van der Waals surface area contributed by atoms with Crippen LogP contribution in [0.3, 0.4) is 0 Å². The number of benzene rings is 2. The van der Waals surface area contributed by atoms with E-state index in [2.05, 4.69) is 15.6 Å². The second-order valence-electron chi connectivity index (χ2n) is 6.95. The average Bonchev–Trinajstić information content (AvgIpc) is 3.29. The van der Waals surface area contributed by atoms with Gasteiger partial charge in [-0.05, 0) is 13.0 Å². The van der Waals surface area contributed by atoms with Crippen LogP contribution in [0.4, 0.5) is 0 Å². The van der Waals surface area contributed by atoms with Gasteiger partial charge < -0.3 is 9.84 Å². The van der Waals surface area contributed by atoms with Crippen molar-refractivity contribution in [1.82, 2.24) is 24.8 Å². The van der Waals surface area contributed by atoms with Crippen molar-refractivity contribution in [2.24, 2.45) is 7.05 Å². The first-order valence-corrected chi connectivity index (χ1v) is 10.0. The summed E-state index contributed by atoms with van der Waals surface area (Å²) in [5.74, 6) is 0.586. The van der Waals surface area contributed by atoms with Gasteiger partial charge in [0, 0.05) is 24.7 Å². The summed E-state index contributed by atoms with van der Waals surface area (Å²) >= 11 is 6.25. The summed E-state index contributed by atoms with van der Waals surface area (Å²) < 4.78 is 8.05. The molecule has 0 radical (unpaired) electrons. The van der Waals surface area contributed by atoms with Crippen molar-refractivity contribution in [1.29, 1.82) is 0 Å². The molecule has 0 bridgehead atoms. The van der Waals surface area contributed by atoms with Gasteiger partial charge in [-0.2, -0.15) is 0 Å². The van der Waals surface area contributed by atoms with Crippen LogP contribution in [0.5, 0.6) is 0 Å². The first-order valence-electron chi connectivity index (χ1n) is 9.66. The van der Waals surface area contributed by atoms with Crippen LogP contribution in [0.2, 0.25) is 5.02 Å². The van der Waals surface area contributed by atoms with Gasteiger partial charge in [-0.1, -0.05) is 65.3 Å². The summed E-state index contributed by atoms with van der Waals surface area (Å²) in [4.78, 5) is 25.3. The average molecular weight is 438 g/mol. The molecule has 158 valence electrons. The van der Waals surface area contributed by atoms with Crippen LogP contribution in [-0.4, -0.2) is 32.0 Å². The number of nitrogens with zero attached hydrogens (tertiary/aromatic N) is 4. The lowest BCUT2D eigenvalue weighted by molar-refractivity contribution is 0.0951. The molecule has 0 saturated heterocycles. The van der Waals surface area contributed by atoms with Crippen LogP contribution in [0, 0.1) is 6.92 Å². The smallest absolute Gasteiger partial charge is 0.345 e. The zero-order valence-corrected chi connectivity index (χ0v) is 17.8. The maximum atomic E-state index is 12.8. The molecule has 2 heterocycles. The van der Waals surface area contributed by atoms with Crippen molar-refractivity contribution in [3.63, 3.8) is 0 Å². The molecule has 31 heavy (non-hydrogen) atoms. The van der Waals surface area contributed by atoms with Crippen LogP contribution in [-0.2, 0) is 13.6 Å². The van der Waals surface area contributed by atoms with E-state index in [1.165, 1.54) is 9.25 Å². The molecule has 1 amide bonds. The van der Waals surface area contributed by atoms with Crippen molar-refractivity contribution in [2.75, 3.05) is 6.54 Å². The SMILES string of the molecule is Cc1onc(-c2ccccc2Cl)c1C(=O)NCCn1nc(-c2ccccc2)n(C)c1=O. The molecule has 9 heteroatoms. The number of carbonyl (C=O) groups excluding carboxylic acids is 1. The number of aromatic nitrogens is 4. The lowest BCUT2D eigenvalue weighted by Gasteiger charge is -2.06. The Morgan fingerprint density at radius 2 is 1.84 bits per heavy atom. The van der Waals surface area contributed by atoms with E-state index in [4.69, 9.17) is 16.1 Å². The Labute approximate surface area is 183 Å². The van der Waals surface area contributed by atoms with E-state index in [9.17, 15) is 9.59 Å². The highest BCUT2D eigenvalue weighted by atomic mass is 35.5. The lowest BCUT2D eigenvalue weighted by atomic mass is 10.1. The molecular formula is C22H20ClN5O3. The summed E-state index contributed by atoms with van der Waals surface area (Å²) in [6, 6.07) is 16.6. The fraction of sp³-hybridized carbons (Fsp3) is 0.182. The first-order chi connectivity index (χ1) is 15.0. The Hall–Kier alpha value is -3.65. The highest BCUT2D eigenvalue weighted by molar-refractivity contribution is 6.33. The monoisotopic (exact) mass is 437 g/mol. The zero-order valence-electron chi connectivity index (χ0n) is 17.0. The summed E-state index contributed by atoms with van der Waals surface area (Å²) in [5, 5.41) is 11.7. The molecule has 0 aliphatic heterocycles. The van der Waals surface area contributed by atoms with E-state index in [0.717, 1.165) is 5.56 Å². The van der Waals surface area contributed by atoms with Gasteiger partial charge in [0.05, 0.1) is 11.6 Å². The van der Waals surface area contributed by atoms with E-state index in [1.54, 1.807) is 32.2 Å². The lowest BCUT2D eigenvalue weighted by Crippen LogP contribution is -2.32. The quantitative estimate of drug-likeness (QED) is 0.499. The van der Waals surface area contributed by atoms with Crippen LogP contribution >= 0.6 is 11.6 Å². The topological polar surface area (TPSA) is 94.9 Å². The molecule has 2 aromatic carbocycles. The Kier molecular flexibility index (Phi) is 5.73. The normalized spacial score (nSPS) is 10.9.